The van der Waals surface area contributed by atoms with Crippen molar-refractivity contribution < 1.29 is 14.3 Å². The number of carbonyl (C=O) groups is 1. The zero-order valence-corrected chi connectivity index (χ0v) is 12.9. The van der Waals surface area contributed by atoms with Crippen molar-refractivity contribution in [1.29, 1.82) is 0 Å². The van der Waals surface area contributed by atoms with E-state index in [-0.39, 0.29) is 11.9 Å². The lowest BCUT2D eigenvalue weighted by atomic mass is 10.1. The Labute approximate surface area is 121 Å². The molecule has 1 rings (SSSR count). The molecule has 1 amide bonds. The van der Waals surface area contributed by atoms with Crippen molar-refractivity contribution in [1.82, 2.24) is 5.32 Å². The molecule has 0 aliphatic carbocycles. The summed E-state index contributed by atoms with van der Waals surface area (Å²) in [5, 5.41) is 3.01. The van der Waals surface area contributed by atoms with E-state index in [9.17, 15) is 4.79 Å². The summed E-state index contributed by atoms with van der Waals surface area (Å²) in [7, 11) is 3.22. The number of methoxy groups -OCH3 is 2. The fourth-order valence-electron chi connectivity index (χ4n) is 2.15. The normalized spacial score (nSPS) is 11.8. The van der Waals surface area contributed by atoms with Gasteiger partial charge in [-0.3, -0.25) is 4.79 Å². The predicted molar refractivity (Wildman–Crippen MR) is 80.4 cm³/mol. The molecule has 0 radical (unpaired) electrons. The van der Waals surface area contributed by atoms with Crippen LogP contribution in [0.4, 0.5) is 0 Å². The first kappa shape index (κ1) is 16.3. The lowest BCUT2D eigenvalue weighted by Gasteiger charge is -2.13. The molecule has 112 valence electrons. The molecular weight excluding hydrogens is 254 g/mol. The van der Waals surface area contributed by atoms with Crippen molar-refractivity contribution in [2.45, 2.75) is 45.6 Å². The largest absolute Gasteiger partial charge is 0.493 e. The molecule has 0 saturated carbocycles. The van der Waals surface area contributed by atoms with Crippen LogP contribution in [0.2, 0.25) is 0 Å². The zero-order chi connectivity index (χ0) is 15.0. The Hall–Kier alpha value is -1.71. The summed E-state index contributed by atoms with van der Waals surface area (Å²) in [5.41, 5.74) is 1.07. The fourth-order valence-corrected chi connectivity index (χ4v) is 2.15. The number of rotatable bonds is 8. The third-order valence-corrected chi connectivity index (χ3v) is 3.22. The Morgan fingerprint density at radius 2 is 1.95 bits per heavy atom. The summed E-state index contributed by atoms with van der Waals surface area (Å²) in [6.45, 7) is 4.16. The summed E-state index contributed by atoms with van der Waals surface area (Å²) in [6.07, 6.45) is 3.29. The van der Waals surface area contributed by atoms with Crippen molar-refractivity contribution in [3.8, 4) is 11.5 Å². The maximum absolute atomic E-state index is 11.8. The summed E-state index contributed by atoms with van der Waals surface area (Å²) < 4.78 is 10.4. The van der Waals surface area contributed by atoms with Gasteiger partial charge in [0.15, 0.2) is 11.5 Å². The molecule has 1 aromatic carbocycles. The van der Waals surface area contributed by atoms with E-state index in [1.165, 1.54) is 0 Å². The molecule has 20 heavy (non-hydrogen) atoms. The molecule has 4 nitrogen and oxygen atoms in total. The first-order valence-corrected chi connectivity index (χ1v) is 7.11. The van der Waals surface area contributed by atoms with Crippen LogP contribution in [0.5, 0.6) is 11.5 Å². The Bertz CT molecular complexity index is 432. The van der Waals surface area contributed by atoms with Crippen LogP contribution >= 0.6 is 0 Å². The monoisotopic (exact) mass is 279 g/mol. The number of amides is 1. The topological polar surface area (TPSA) is 47.6 Å². The van der Waals surface area contributed by atoms with Crippen LogP contribution < -0.4 is 14.8 Å². The van der Waals surface area contributed by atoms with Gasteiger partial charge in [0.1, 0.15) is 0 Å². The molecule has 0 bridgehead atoms. The molecule has 0 saturated heterocycles. The Balaban J connectivity index is 2.51. The van der Waals surface area contributed by atoms with E-state index in [0.29, 0.717) is 24.3 Å². The second kappa shape index (κ2) is 8.46. The van der Waals surface area contributed by atoms with Gasteiger partial charge < -0.3 is 14.8 Å². The van der Waals surface area contributed by atoms with Crippen molar-refractivity contribution >= 4 is 5.91 Å². The third kappa shape index (κ3) is 5.11. The molecule has 1 aromatic rings. The lowest BCUT2D eigenvalue weighted by molar-refractivity contribution is -0.121. The van der Waals surface area contributed by atoms with Gasteiger partial charge in [0.05, 0.1) is 14.2 Å². The summed E-state index contributed by atoms with van der Waals surface area (Å²) in [4.78, 5) is 11.8. The maximum Gasteiger partial charge on any atom is 0.220 e. The highest BCUT2D eigenvalue weighted by atomic mass is 16.5. The molecule has 0 aliphatic heterocycles. The van der Waals surface area contributed by atoms with Crippen LogP contribution in [-0.4, -0.2) is 26.2 Å². The number of hydrogen-bond donors (Lipinski definition) is 1. The minimum atomic E-state index is 0.0979. The van der Waals surface area contributed by atoms with E-state index in [1.54, 1.807) is 14.2 Å². The van der Waals surface area contributed by atoms with Crippen molar-refractivity contribution in [2.75, 3.05) is 14.2 Å². The predicted octanol–water partition coefficient (Wildman–Crippen LogP) is 2.94. The van der Waals surface area contributed by atoms with E-state index >= 15 is 0 Å². The Morgan fingerprint density at radius 1 is 1.25 bits per heavy atom. The van der Waals surface area contributed by atoms with Gasteiger partial charge in [-0.05, 0) is 37.5 Å². The van der Waals surface area contributed by atoms with Gasteiger partial charge in [-0.2, -0.15) is 0 Å². The van der Waals surface area contributed by atoms with Gasteiger partial charge in [0, 0.05) is 12.5 Å². The fraction of sp³-hybridized carbons (Fsp3) is 0.562. The van der Waals surface area contributed by atoms with E-state index in [2.05, 4.69) is 12.2 Å². The molecule has 0 aromatic heterocycles. The number of benzene rings is 1. The number of carbonyl (C=O) groups excluding carboxylic acids is 1. The van der Waals surface area contributed by atoms with Crippen molar-refractivity contribution in [3.05, 3.63) is 23.8 Å². The average molecular weight is 279 g/mol. The summed E-state index contributed by atoms with van der Waals surface area (Å²) in [6, 6.07) is 6.00. The van der Waals surface area contributed by atoms with Gasteiger partial charge in [0.2, 0.25) is 5.91 Å². The van der Waals surface area contributed by atoms with Crippen LogP contribution in [0.25, 0.3) is 0 Å². The van der Waals surface area contributed by atoms with Crippen molar-refractivity contribution in [3.63, 3.8) is 0 Å². The smallest absolute Gasteiger partial charge is 0.220 e. The number of aryl methyl sites for hydroxylation is 1. The van der Waals surface area contributed by atoms with Gasteiger partial charge in [-0.25, -0.2) is 0 Å². The minimum Gasteiger partial charge on any atom is -0.493 e. The SMILES string of the molecule is CCCC(C)NC(=O)CCc1ccc(OC)c(OC)c1. The molecule has 1 N–H and O–H groups in total. The summed E-state index contributed by atoms with van der Waals surface area (Å²) in [5.74, 6) is 1.50. The third-order valence-electron chi connectivity index (χ3n) is 3.22. The number of ether oxygens (including phenoxy) is 2. The zero-order valence-electron chi connectivity index (χ0n) is 12.9. The van der Waals surface area contributed by atoms with Crippen LogP contribution in [0.15, 0.2) is 18.2 Å². The molecule has 4 heteroatoms. The molecule has 0 aliphatic rings. The number of hydrogen-bond acceptors (Lipinski definition) is 3. The summed E-state index contributed by atoms with van der Waals surface area (Å²) >= 11 is 0. The highest BCUT2D eigenvalue weighted by Crippen LogP contribution is 2.27. The highest BCUT2D eigenvalue weighted by Gasteiger charge is 2.08. The van der Waals surface area contributed by atoms with Crippen LogP contribution in [0.3, 0.4) is 0 Å². The van der Waals surface area contributed by atoms with Gasteiger partial charge in [-0.15, -0.1) is 0 Å². The standard InChI is InChI=1S/C16H25NO3/c1-5-6-12(2)17-16(18)10-8-13-7-9-14(19-3)15(11-13)20-4/h7,9,11-12H,5-6,8,10H2,1-4H3,(H,17,18). The van der Waals surface area contributed by atoms with Crippen LogP contribution in [-0.2, 0) is 11.2 Å². The highest BCUT2D eigenvalue weighted by molar-refractivity contribution is 5.76. The molecule has 0 spiro atoms. The van der Waals surface area contributed by atoms with Crippen molar-refractivity contribution in [2.24, 2.45) is 0 Å². The van der Waals surface area contributed by atoms with Gasteiger partial charge in [0.25, 0.3) is 0 Å². The quantitative estimate of drug-likeness (QED) is 0.796. The minimum absolute atomic E-state index is 0.0979. The van der Waals surface area contributed by atoms with E-state index in [0.717, 1.165) is 18.4 Å². The number of nitrogens with one attached hydrogen (secondary N) is 1. The second-order valence-electron chi connectivity index (χ2n) is 4.95. The Morgan fingerprint density at radius 3 is 2.55 bits per heavy atom. The van der Waals surface area contributed by atoms with Crippen LogP contribution in [0, 0.1) is 0 Å². The molecule has 0 fully saturated rings. The van der Waals surface area contributed by atoms with E-state index in [4.69, 9.17) is 9.47 Å². The second-order valence-corrected chi connectivity index (χ2v) is 4.95. The molecule has 1 atom stereocenters. The molecule has 0 heterocycles. The Kier molecular flexibility index (Phi) is 6.91. The molecular formula is C16H25NO3. The van der Waals surface area contributed by atoms with E-state index < -0.39 is 0 Å². The lowest BCUT2D eigenvalue weighted by Crippen LogP contribution is -2.32. The van der Waals surface area contributed by atoms with Gasteiger partial charge >= 0.3 is 0 Å². The first-order valence-electron chi connectivity index (χ1n) is 7.11. The molecule has 1 unspecified atom stereocenters. The van der Waals surface area contributed by atoms with Gasteiger partial charge in [-0.1, -0.05) is 19.4 Å². The first-order chi connectivity index (χ1) is 9.60. The maximum atomic E-state index is 11.8. The van der Waals surface area contributed by atoms with Crippen LogP contribution in [0.1, 0.15) is 38.7 Å². The van der Waals surface area contributed by atoms with E-state index in [1.807, 2.05) is 25.1 Å². The average Bonchev–Trinajstić information content (AvgIpc) is 2.44.